The van der Waals surface area contributed by atoms with Crippen LogP contribution in [0.5, 0.6) is 11.5 Å². The fourth-order valence-electron chi connectivity index (χ4n) is 2.23. The van der Waals surface area contributed by atoms with Gasteiger partial charge in [-0.05, 0) is 37.1 Å². The predicted octanol–water partition coefficient (Wildman–Crippen LogP) is 4.70. The number of unbranched alkanes of at least 4 members (excludes halogenated alkanes) is 1. The second-order valence-electron chi connectivity index (χ2n) is 4.88. The van der Waals surface area contributed by atoms with Crippen LogP contribution in [0.1, 0.15) is 51.1 Å². The predicted molar refractivity (Wildman–Crippen MR) is 87.8 cm³/mol. The molecule has 3 nitrogen and oxygen atoms in total. The molecule has 1 aromatic carbocycles. The number of hydrogen-bond acceptors (Lipinski definition) is 3. The van der Waals surface area contributed by atoms with E-state index >= 15 is 0 Å². The lowest BCUT2D eigenvalue weighted by molar-refractivity contribution is 0.353. The number of ether oxygens (including phenoxy) is 2. The Balaban J connectivity index is 3.04. The molecular formula is C16H26BrNO2. The first kappa shape index (κ1) is 17.3. The van der Waals surface area contributed by atoms with Crippen LogP contribution in [-0.4, -0.2) is 20.8 Å². The average molecular weight is 344 g/mol. The van der Waals surface area contributed by atoms with E-state index in [0.717, 1.165) is 35.4 Å². The highest BCUT2D eigenvalue weighted by Gasteiger charge is 2.17. The molecule has 20 heavy (non-hydrogen) atoms. The van der Waals surface area contributed by atoms with Gasteiger partial charge in [-0.3, -0.25) is 0 Å². The summed E-state index contributed by atoms with van der Waals surface area (Å²) in [6.07, 6.45) is 4.68. The highest BCUT2D eigenvalue weighted by atomic mass is 79.9. The minimum absolute atomic E-state index is 0.351. The third-order valence-corrected chi connectivity index (χ3v) is 4.05. The van der Waals surface area contributed by atoms with E-state index in [9.17, 15) is 0 Å². The highest BCUT2D eigenvalue weighted by molar-refractivity contribution is 9.10. The van der Waals surface area contributed by atoms with Gasteiger partial charge in [0, 0.05) is 10.5 Å². The molecule has 0 spiro atoms. The van der Waals surface area contributed by atoms with Gasteiger partial charge in [-0.25, -0.2) is 0 Å². The molecular weight excluding hydrogens is 318 g/mol. The lowest BCUT2D eigenvalue weighted by Crippen LogP contribution is -2.22. The largest absolute Gasteiger partial charge is 0.493 e. The first-order valence-corrected chi connectivity index (χ1v) is 8.11. The van der Waals surface area contributed by atoms with E-state index in [4.69, 9.17) is 9.47 Å². The van der Waals surface area contributed by atoms with Crippen molar-refractivity contribution in [2.75, 3.05) is 20.8 Å². The monoisotopic (exact) mass is 343 g/mol. The van der Waals surface area contributed by atoms with Crippen molar-refractivity contribution < 1.29 is 9.47 Å². The van der Waals surface area contributed by atoms with Crippen molar-refractivity contribution >= 4 is 15.9 Å². The molecule has 4 heteroatoms. The third kappa shape index (κ3) is 4.67. The molecule has 1 rings (SSSR count). The molecule has 0 amide bonds. The van der Waals surface area contributed by atoms with Crippen molar-refractivity contribution in [1.29, 1.82) is 0 Å². The number of hydrogen-bond donors (Lipinski definition) is 1. The molecule has 0 aliphatic carbocycles. The highest BCUT2D eigenvalue weighted by Crippen LogP contribution is 2.37. The summed E-state index contributed by atoms with van der Waals surface area (Å²) >= 11 is 3.66. The summed E-state index contributed by atoms with van der Waals surface area (Å²) in [5, 5.41) is 3.62. The molecule has 1 N–H and O–H groups in total. The number of methoxy groups -OCH3 is 2. The molecule has 1 aromatic rings. The fraction of sp³-hybridized carbons (Fsp3) is 0.625. The molecule has 1 unspecified atom stereocenters. The van der Waals surface area contributed by atoms with E-state index in [0.29, 0.717) is 6.04 Å². The van der Waals surface area contributed by atoms with Gasteiger partial charge in [-0.2, -0.15) is 0 Å². The molecule has 0 bridgehead atoms. The Labute approximate surface area is 131 Å². The van der Waals surface area contributed by atoms with Gasteiger partial charge in [0.1, 0.15) is 0 Å². The van der Waals surface area contributed by atoms with Crippen molar-refractivity contribution in [2.45, 2.75) is 45.6 Å². The fourth-order valence-corrected chi connectivity index (χ4v) is 2.83. The second kappa shape index (κ2) is 9.24. The molecule has 0 saturated carbocycles. The second-order valence-corrected chi connectivity index (χ2v) is 5.73. The number of nitrogens with one attached hydrogen (secondary N) is 1. The smallest absolute Gasteiger partial charge is 0.161 e. The first-order valence-electron chi connectivity index (χ1n) is 7.32. The van der Waals surface area contributed by atoms with Crippen LogP contribution in [-0.2, 0) is 0 Å². The Morgan fingerprint density at radius 1 is 1.10 bits per heavy atom. The zero-order valence-electron chi connectivity index (χ0n) is 13.0. The molecule has 0 heterocycles. The lowest BCUT2D eigenvalue weighted by Gasteiger charge is -2.22. The van der Waals surface area contributed by atoms with Gasteiger partial charge < -0.3 is 14.8 Å². The third-order valence-electron chi connectivity index (χ3n) is 3.37. The Morgan fingerprint density at radius 3 is 2.30 bits per heavy atom. The molecule has 114 valence electrons. The molecule has 0 fully saturated rings. The summed E-state index contributed by atoms with van der Waals surface area (Å²) in [5.74, 6) is 1.54. The normalized spacial score (nSPS) is 12.2. The van der Waals surface area contributed by atoms with Gasteiger partial charge in [0.05, 0.1) is 14.2 Å². The van der Waals surface area contributed by atoms with Crippen LogP contribution < -0.4 is 14.8 Å². The molecule has 0 saturated heterocycles. The van der Waals surface area contributed by atoms with E-state index in [-0.39, 0.29) is 0 Å². The summed E-state index contributed by atoms with van der Waals surface area (Å²) in [6, 6.07) is 4.41. The van der Waals surface area contributed by atoms with Gasteiger partial charge in [-0.15, -0.1) is 0 Å². The summed E-state index contributed by atoms with van der Waals surface area (Å²) < 4.78 is 11.8. The Hall–Kier alpha value is -0.740. The van der Waals surface area contributed by atoms with Crippen molar-refractivity contribution in [1.82, 2.24) is 5.32 Å². The molecule has 0 aliphatic heterocycles. The quantitative estimate of drug-likeness (QED) is 0.704. The average Bonchev–Trinajstić information content (AvgIpc) is 2.47. The maximum Gasteiger partial charge on any atom is 0.161 e. The zero-order valence-corrected chi connectivity index (χ0v) is 14.5. The van der Waals surface area contributed by atoms with Crippen LogP contribution in [0.2, 0.25) is 0 Å². The lowest BCUT2D eigenvalue weighted by atomic mass is 10.0. The number of benzene rings is 1. The summed E-state index contributed by atoms with van der Waals surface area (Å²) in [4.78, 5) is 0. The van der Waals surface area contributed by atoms with Gasteiger partial charge in [0.2, 0.25) is 0 Å². The maximum atomic E-state index is 5.42. The summed E-state index contributed by atoms with van der Waals surface area (Å²) in [5.41, 5.74) is 1.24. The van der Waals surface area contributed by atoms with Gasteiger partial charge in [-0.1, -0.05) is 42.6 Å². The van der Waals surface area contributed by atoms with Crippen LogP contribution in [0.15, 0.2) is 16.6 Å². The number of halogens is 1. The number of rotatable bonds is 9. The Morgan fingerprint density at radius 2 is 1.75 bits per heavy atom. The molecule has 0 aliphatic rings. The van der Waals surface area contributed by atoms with Crippen molar-refractivity contribution in [3.05, 3.63) is 22.2 Å². The molecule has 1 atom stereocenters. The van der Waals surface area contributed by atoms with E-state index in [1.807, 2.05) is 6.07 Å². The van der Waals surface area contributed by atoms with Crippen molar-refractivity contribution in [3.63, 3.8) is 0 Å². The van der Waals surface area contributed by atoms with Crippen LogP contribution in [0.3, 0.4) is 0 Å². The van der Waals surface area contributed by atoms with Gasteiger partial charge in [0.25, 0.3) is 0 Å². The molecule has 0 aromatic heterocycles. The minimum atomic E-state index is 0.351. The van der Waals surface area contributed by atoms with E-state index in [1.54, 1.807) is 14.2 Å². The topological polar surface area (TPSA) is 30.5 Å². The first-order chi connectivity index (χ1) is 9.67. The van der Waals surface area contributed by atoms with Crippen LogP contribution in [0, 0.1) is 0 Å². The maximum absolute atomic E-state index is 5.42. The SMILES string of the molecule is CCCCC(NCCC)c1cc(OC)c(OC)cc1Br. The van der Waals surface area contributed by atoms with E-state index < -0.39 is 0 Å². The zero-order chi connectivity index (χ0) is 15.0. The summed E-state index contributed by atoms with van der Waals surface area (Å²) in [6.45, 7) is 5.43. The Kier molecular flexibility index (Phi) is 8.00. The van der Waals surface area contributed by atoms with Crippen molar-refractivity contribution in [2.24, 2.45) is 0 Å². The van der Waals surface area contributed by atoms with Crippen LogP contribution in [0.25, 0.3) is 0 Å². The Bertz CT molecular complexity index is 402. The van der Waals surface area contributed by atoms with Crippen molar-refractivity contribution in [3.8, 4) is 11.5 Å². The van der Waals surface area contributed by atoms with Crippen LogP contribution in [0.4, 0.5) is 0 Å². The minimum Gasteiger partial charge on any atom is -0.493 e. The molecule has 0 radical (unpaired) electrons. The van der Waals surface area contributed by atoms with E-state index in [1.165, 1.54) is 18.4 Å². The van der Waals surface area contributed by atoms with Gasteiger partial charge in [0.15, 0.2) is 11.5 Å². The van der Waals surface area contributed by atoms with E-state index in [2.05, 4.69) is 41.2 Å². The van der Waals surface area contributed by atoms with Gasteiger partial charge >= 0.3 is 0 Å². The standard InChI is InChI=1S/C16H26BrNO2/c1-5-7-8-14(18-9-6-2)12-10-15(19-3)16(20-4)11-13(12)17/h10-11,14,18H,5-9H2,1-4H3. The van der Waals surface area contributed by atoms with Crippen LogP contribution >= 0.6 is 15.9 Å². The summed E-state index contributed by atoms with van der Waals surface area (Å²) in [7, 11) is 3.34.